The highest BCUT2D eigenvalue weighted by Crippen LogP contribution is 2.15. The molecule has 0 fully saturated rings. The zero-order chi connectivity index (χ0) is 12.3. The minimum absolute atomic E-state index is 0.347. The van der Waals surface area contributed by atoms with E-state index < -0.39 is 5.60 Å². The van der Waals surface area contributed by atoms with Crippen molar-refractivity contribution < 1.29 is 15.3 Å². The molecule has 0 aromatic heterocycles. The second kappa shape index (κ2) is 10.1. The topological polar surface area (TPSA) is 60.7 Å². The van der Waals surface area contributed by atoms with Crippen LogP contribution < -0.4 is 0 Å². The summed E-state index contributed by atoms with van der Waals surface area (Å²) in [6.07, 6.45) is 10.1. The Balaban J connectivity index is 3.26. The van der Waals surface area contributed by atoms with E-state index in [4.69, 9.17) is 10.2 Å². The second-order valence-electron chi connectivity index (χ2n) is 4.77. The van der Waals surface area contributed by atoms with Crippen molar-refractivity contribution in [2.45, 2.75) is 70.3 Å². The lowest BCUT2D eigenvalue weighted by atomic mass is 9.97. The largest absolute Gasteiger partial charge is 0.393 e. The summed E-state index contributed by atoms with van der Waals surface area (Å²) in [4.78, 5) is 0. The lowest BCUT2D eigenvalue weighted by Gasteiger charge is -2.22. The quantitative estimate of drug-likeness (QED) is 0.479. The van der Waals surface area contributed by atoms with Crippen molar-refractivity contribution in [1.82, 2.24) is 0 Å². The van der Waals surface area contributed by atoms with E-state index in [1.165, 1.54) is 38.5 Å². The van der Waals surface area contributed by atoms with Gasteiger partial charge in [0.25, 0.3) is 0 Å². The fourth-order valence-electron chi connectivity index (χ4n) is 1.80. The normalized spacial score (nSPS) is 12.0. The first-order valence-electron chi connectivity index (χ1n) is 6.62. The molecule has 0 aliphatic carbocycles. The van der Waals surface area contributed by atoms with Crippen molar-refractivity contribution in [3.8, 4) is 0 Å². The van der Waals surface area contributed by atoms with E-state index in [2.05, 4.69) is 6.92 Å². The molecule has 0 heterocycles. The van der Waals surface area contributed by atoms with Crippen molar-refractivity contribution in [1.29, 1.82) is 0 Å². The van der Waals surface area contributed by atoms with Crippen molar-refractivity contribution >= 4 is 0 Å². The lowest BCUT2D eigenvalue weighted by molar-refractivity contribution is -0.0616. The van der Waals surface area contributed by atoms with Crippen LogP contribution in [-0.2, 0) is 0 Å². The molecule has 0 aliphatic heterocycles. The maximum Gasteiger partial charge on any atom is 0.111 e. The van der Waals surface area contributed by atoms with Gasteiger partial charge in [-0.15, -0.1) is 0 Å². The summed E-state index contributed by atoms with van der Waals surface area (Å²) < 4.78 is 0. The summed E-state index contributed by atoms with van der Waals surface area (Å²) in [5, 5.41) is 27.4. The van der Waals surface area contributed by atoms with Crippen LogP contribution in [0.15, 0.2) is 0 Å². The van der Waals surface area contributed by atoms with Gasteiger partial charge in [-0.1, -0.05) is 58.3 Å². The van der Waals surface area contributed by atoms with Gasteiger partial charge in [-0.05, 0) is 6.42 Å². The number of hydrogen-bond acceptors (Lipinski definition) is 3. The molecule has 0 aromatic carbocycles. The van der Waals surface area contributed by atoms with Crippen LogP contribution in [0, 0.1) is 0 Å². The van der Waals surface area contributed by atoms with E-state index in [0.29, 0.717) is 6.42 Å². The standard InChI is InChI=1S/C13H28O3/c1-2-3-4-5-6-7-8-9-10-13(16,11-14)12-15/h14-16H,2-12H2,1H3. The van der Waals surface area contributed by atoms with Gasteiger partial charge >= 0.3 is 0 Å². The molecule has 3 nitrogen and oxygen atoms in total. The van der Waals surface area contributed by atoms with Crippen LogP contribution in [-0.4, -0.2) is 34.1 Å². The molecular weight excluding hydrogens is 204 g/mol. The fraction of sp³-hybridized carbons (Fsp3) is 1.00. The predicted octanol–water partition coefficient (Wildman–Crippen LogP) is 2.23. The van der Waals surface area contributed by atoms with Crippen molar-refractivity contribution in [3.05, 3.63) is 0 Å². The number of rotatable bonds is 11. The van der Waals surface area contributed by atoms with Crippen LogP contribution in [0.3, 0.4) is 0 Å². The molecular formula is C13H28O3. The SMILES string of the molecule is CCCCCCCCCCC(O)(CO)CO. The Kier molecular flexibility index (Phi) is 9.99. The maximum absolute atomic E-state index is 9.60. The molecule has 0 saturated carbocycles. The number of aliphatic hydroxyl groups excluding tert-OH is 2. The molecule has 0 spiro atoms. The molecule has 0 bridgehead atoms. The molecule has 3 heteroatoms. The van der Waals surface area contributed by atoms with Gasteiger partial charge in [0.1, 0.15) is 5.60 Å². The summed E-state index contributed by atoms with van der Waals surface area (Å²) in [6.45, 7) is 1.52. The number of aliphatic hydroxyl groups is 3. The third kappa shape index (κ3) is 8.08. The Bertz CT molecular complexity index is 144. The summed E-state index contributed by atoms with van der Waals surface area (Å²) in [7, 11) is 0. The molecule has 0 atom stereocenters. The van der Waals surface area contributed by atoms with Gasteiger partial charge in [0, 0.05) is 0 Å². The number of hydrogen-bond donors (Lipinski definition) is 3. The van der Waals surface area contributed by atoms with Gasteiger partial charge in [-0.25, -0.2) is 0 Å². The molecule has 0 aliphatic rings. The first kappa shape index (κ1) is 15.9. The highest BCUT2D eigenvalue weighted by atomic mass is 16.4. The van der Waals surface area contributed by atoms with Crippen molar-refractivity contribution in [3.63, 3.8) is 0 Å². The number of unbranched alkanes of at least 4 members (excludes halogenated alkanes) is 7. The van der Waals surface area contributed by atoms with Crippen LogP contribution in [0.5, 0.6) is 0 Å². The Labute approximate surface area is 99.5 Å². The molecule has 98 valence electrons. The van der Waals surface area contributed by atoms with Gasteiger partial charge in [-0.2, -0.15) is 0 Å². The van der Waals surface area contributed by atoms with Crippen LogP contribution in [0.2, 0.25) is 0 Å². The van der Waals surface area contributed by atoms with Crippen LogP contribution in [0.4, 0.5) is 0 Å². The van der Waals surface area contributed by atoms with Gasteiger partial charge in [0.15, 0.2) is 0 Å². The maximum atomic E-state index is 9.60. The van der Waals surface area contributed by atoms with Crippen LogP contribution in [0.1, 0.15) is 64.7 Å². The molecule has 0 amide bonds. The molecule has 0 radical (unpaired) electrons. The van der Waals surface area contributed by atoms with Gasteiger partial charge < -0.3 is 15.3 Å². The molecule has 0 unspecified atom stereocenters. The average molecular weight is 232 g/mol. The molecule has 0 rings (SSSR count). The Morgan fingerprint density at radius 3 is 1.62 bits per heavy atom. The molecule has 16 heavy (non-hydrogen) atoms. The second-order valence-corrected chi connectivity index (χ2v) is 4.77. The average Bonchev–Trinajstić information content (AvgIpc) is 2.32. The van der Waals surface area contributed by atoms with E-state index in [9.17, 15) is 5.11 Å². The summed E-state index contributed by atoms with van der Waals surface area (Å²) in [5.74, 6) is 0. The van der Waals surface area contributed by atoms with E-state index in [-0.39, 0.29) is 13.2 Å². The Morgan fingerprint density at radius 2 is 1.19 bits per heavy atom. The summed E-state index contributed by atoms with van der Waals surface area (Å²) in [5.41, 5.74) is -1.26. The van der Waals surface area contributed by atoms with Crippen molar-refractivity contribution in [2.24, 2.45) is 0 Å². The summed E-state index contributed by atoms with van der Waals surface area (Å²) >= 11 is 0. The van der Waals surface area contributed by atoms with Gasteiger partial charge in [0.05, 0.1) is 13.2 Å². The predicted molar refractivity (Wildman–Crippen MR) is 66.3 cm³/mol. The Morgan fingerprint density at radius 1 is 0.750 bits per heavy atom. The van der Waals surface area contributed by atoms with Crippen LogP contribution in [0.25, 0.3) is 0 Å². The Hall–Kier alpha value is -0.120. The fourth-order valence-corrected chi connectivity index (χ4v) is 1.80. The van der Waals surface area contributed by atoms with E-state index in [0.717, 1.165) is 12.8 Å². The molecule has 3 N–H and O–H groups in total. The summed E-state index contributed by atoms with van der Waals surface area (Å²) in [6, 6.07) is 0. The lowest BCUT2D eigenvalue weighted by Crippen LogP contribution is -2.37. The van der Waals surface area contributed by atoms with E-state index in [1.54, 1.807) is 0 Å². The van der Waals surface area contributed by atoms with Gasteiger partial charge in [-0.3, -0.25) is 0 Å². The molecule has 0 aromatic rings. The van der Waals surface area contributed by atoms with E-state index >= 15 is 0 Å². The third-order valence-electron chi connectivity index (χ3n) is 3.08. The highest BCUT2D eigenvalue weighted by molar-refractivity contribution is 4.75. The monoisotopic (exact) mass is 232 g/mol. The first-order valence-corrected chi connectivity index (χ1v) is 6.62. The van der Waals surface area contributed by atoms with Crippen LogP contribution >= 0.6 is 0 Å². The third-order valence-corrected chi connectivity index (χ3v) is 3.08. The minimum atomic E-state index is -1.26. The molecule has 0 saturated heterocycles. The highest BCUT2D eigenvalue weighted by Gasteiger charge is 2.23. The zero-order valence-corrected chi connectivity index (χ0v) is 10.6. The smallest absolute Gasteiger partial charge is 0.111 e. The first-order chi connectivity index (χ1) is 7.68. The minimum Gasteiger partial charge on any atom is -0.393 e. The van der Waals surface area contributed by atoms with Gasteiger partial charge in [0.2, 0.25) is 0 Å². The zero-order valence-electron chi connectivity index (χ0n) is 10.6. The van der Waals surface area contributed by atoms with E-state index in [1.807, 2.05) is 0 Å². The van der Waals surface area contributed by atoms with Crippen molar-refractivity contribution in [2.75, 3.05) is 13.2 Å².